The molecule has 2 amide bonds. The summed E-state index contributed by atoms with van der Waals surface area (Å²) in [5, 5.41) is 4.44. The minimum atomic E-state index is -3.01. The van der Waals surface area contributed by atoms with E-state index in [9.17, 15) is 18.4 Å². The van der Waals surface area contributed by atoms with Gasteiger partial charge in [0.2, 0.25) is 0 Å². The van der Waals surface area contributed by atoms with Gasteiger partial charge in [0.1, 0.15) is 11.4 Å². The number of ether oxygens (including phenoxy) is 1. The van der Waals surface area contributed by atoms with Gasteiger partial charge >= 0.3 is 6.61 Å². The van der Waals surface area contributed by atoms with Crippen molar-refractivity contribution >= 4 is 11.8 Å². The molecule has 9 heteroatoms. The molecule has 1 aliphatic rings. The van der Waals surface area contributed by atoms with E-state index in [0.29, 0.717) is 31.9 Å². The molecule has 2 aromatic rings. The Labute approximate surface area is 174 Å². The molecule has 1 aliphatic heterocycles. The summed E-state index contributed by atoms with van der Waals surface area (Å²) in [6, 6.07) is 7.73. The number of carbonyl (C=O) groups is 2. The molecule has 0 aliphatic carbocycles. The van der Waals surface area contributed by atoms with Crippen LogP contribution in [0.1, 0.15) is 47.3 Å². The van der Waals surface area contributed by atoms with E-state index in [4.69, 9.17) is 0 Å². The van der Waals surface area contributed by atoms with Crippen molar-refractivity contribution in [3.8, 4) is 5.75 Å². The third kappa shape index (κ3) is 4.60. The molecule has 0 saturated carbocycles. The van der Waals surface area contributed by atoms with Crippen LogP contribution in [0.15, 0.2) is 30.3 Å². The largest absolute Gasteiger partial charge is 0.434 e. The first-order valence-electron chi connectivity index (χ1n) is 9.75. The van der Waals surface area contributed by atoms with Gasteiger partial charge in [-0.15, -0.1) is 0 Å². The summed E-state index contributed by atoms with van der Waals surface area (Å²) >= 11 is 0. The second-order valence-corrected chi connectivity index (χ2v) is 8.25. The predicted octanol–water partition coefficient (Wildman–Crippen LogP) is 2.92. The third-order valence-electron chi connectivity index (χ3n) is 5.05. The lowest BCUT2D eigenvalue weighted by molar-refractivity contribution is -0.0503. The lowest BCUT2D eigenvalue weighted by Gasteiger charge is -2.35. The summed E-state index contributed by atoms with van der Waals surface area (Å²) in [5.41, 5.74) is 1.24. The number of amides is 2. The Morgan fingerprint density at radius 3 is 2.13 bits per heavy atom. The maximum Gasteiger partial charge on any atom is 0.387 e. The molecule has 0 radical (unpaired) electrons. The van der Waals surface area contributed by atoms with E-state index in [1.54, 1.807) is 33.7 Å². The van der Waals surface area contributed by atoms with Gasteiger partial charge in [-0.05, 0) is 18.2 Å². The second-order valence-electron chi connectivity index (χ2n) is 8.25. The Morgan fingerprint density at radius 1 is 1.03 bits per heavy atom. The van der Waals surface area contributed by atoms with Gasteiger partial charge in [0.25, 0.3) is 11.8 Å². The van der Waals surface area contributed by atoms with E-state index in [-0.39, 0.29) is 22.6 Å². The van der Waals surface area contributed by atoms with Crippen LogP contribution < -0.4 is 4.74 Å². The summed E-state index contributed by atoms with van der Waals surface area (Å²) in [6.45, 7) is 4.38. The number of nitrogens with zero attached hydrogens (tertiary/aromatic N) is 4. The quantitative estimate of drug-likeness (QED) is 0.763. The number of halogens is 2. The van der Waals surface area contributed by atoms with Crippen molar-refractivity contribution in [3.05, 3.63) is 47.3 Å². The number of benzene rings is 1. The van der Waals surface area contributed by atoms with Crippen LogP contribution in [-0.4, -0.2) is 64.2 Å². The average Bonchev–Trinajstić information content (AvgIpc) is 3.09. The van der Waals surface area contributed by atoms with E-state index >= 15 is 0 Å². The van der Waals surface area contributed by atoms with Gasteiger partial charge in [0, 0.05) is 38.6 Å². The van der Waals surface area contributed by atoms with E-state index in [0.717, 1.165) is 5.69 Å². The first-order chi connectivity index (χ1) is 14.1. The minimum Gasteiger partial charge on any atom is -0.434 e. The normalized spacial score (nSPS) is 14.9. The smallest absolute Gasteiger partial charge is 0.387 e. The molecule has 0 bridgehead atoms. The van der Waals surface area contributed by atoms with E-state index in [2.05, 4.69) is 9.84 Å². The molecule has 2 heterocycles. The predicted molar refractivity (Wildman–Crippen MR) is 107 cm³/mol. The number of aryl methyl sites for hydroxylation is 1. The van der Waals surface area contributed by atoms with Crippen molar-refractivity contribution in [1.29, 1.82) is 0 Å². The van der Waals surface area contributed by atoms with Crippen molar-refractivity contribution in [2.45, 2.75) is 32.8 Å². The molecule has 0 unspecified atom stereocenters. The van der Waals surface area contributed by atoms with Gasteiger partial charge in [0.15, 0.2) is 0 Å². The molecule has 1 aromatic carbocycles. The number of alkyl halides is 2. The highest BCUT2D eigenvalue weighted by molar-refractivity contribution is 5.97. The zero-order valence-electron chi connectivity index (χ0n) is 17.6. The standard InChI is InChI=1S/C21H26F2N4O3/c1-21(2,3)17-13-15(25(4)24-17)19(29)27-11-9-26(10-12-27)18(28)14-7-5-6-8-16(14)30-20(22)23/h5-8,13,20H,9-12H2,1-4H3. The average molecular weight is 420 g/mol. The summed E-state index contributed by atoms with van der Waals surface area (Å²) < 4.78 is 31.3. The van der Waals surface area contributed by atoms with Gasteiger partial charge in [-0.3, -0.25) is 14.3 Å². The summed E-state index contributed by atoms with van der Waals surface area (Å²) in [7, 11) is 1.74. The first kappa shape index (κ1) is 21.7. The van der Waals surface area contributed by atoms with Crippen LogP contribution >= 0.6 is 0 Å². The highest BCUT2D eigenvalue weighted by Gasteiger charge is 2.29. The number of aromatic nitrogens is 2. The topological polar surface area (TPSA) is 67.7 Å². The molecule has 1 aromatic heterocycles. The molecule has 0 N–H and O–H groups in total. The fourth-order valence-electron chi connectivity index (χ4n) is 3.32. The lowest BCUT2D eigenvalue weighted by Crippen LogP contribution is -2.51. The molecule has 1 saturated heterocycles. The number of carbonyl (C=O) groups excluding carboxylic acids is 2. The Balaban J connectivity index is 1.67. The first-order valence-corrected chi connectivity index (χ1v) is 9.75. The van der Waals surface area contributed by atoms with Crippen LogP contribution in [0.25, 0.3) is 0 Å². The molecular formula is C21H26F2N4O3. The molecule has 30 heavy (non-hydrogen) atoms. The maximum absolute atomic E-state index is 12.9. The van der Waals surface area contributed by atoms with Gasteiger partial charge < -0.3 is 14.5 Å². The zero-order valence-corrected chi connectivity index (χ0v) is 17.6. The molecule has 3 rings (SSSR count). The maximum atomic E-state index is 12.9. The van der Waals surface area contributed by atoms with Crippen LogP contribution in [0.4, 0.5) is 8.78 Å². The van der Waals surface area contributed by atoms with Crippen LogP contribution in [-0.2, 0) is 12.5 Å². The molecular weight excluding hydrogens is 394 g/mol. The number of hydrogen-bond donors (Lipinski definition) is 0. The van der Waals surface area contributed by atoms with Crippen LogP contribution in [0.2, 0.25) is 0 Å². The third-order valence-corrected chi connectivity index (χ3v) is 5.05. The summed E-state index contributed by atoms with van der Waals surface area (Å²) in [4.78, 5) is 29.0. The van der Waals surface area contributed by atoms with Gasteiger partial charge in [-0.2, -0.15) is 13.9 Å². The molecule has 162 valence electrons. The Kier molecular flexibility index (Phi) is 6.09. The Hall–Kier alpha value is -2.97. The second kappa shape index (κ2) is 8.41. The fourth-order valence-corrected chi connectivity index (χ4v) is 3.32. The summed E-state index contributed by atoms with van der Waals surface area (Å²) in [6.07, 6.45) is 0. The van der Waals surface area contributed by atoms with Crippen molar-refractivity contribution in [2.24, 2.45) is 7.05 Å². The number of piperazine rings is 1. The van der Waals surface area contributed by atoms with Crippen LogP contribution in [0.3, 0.4) is 0 Å². The SMILES string of the molecule is Cn1nc(C(C)(C)C)cc1C(=O)N1CCN(C(=O)c2ccccc2OC(F)F)CC1. The fraction of sp³-hybridized carbons (Fsp3) is 0.476. The minimum absolute atomic E-state index is 0.0824. The van der Waals surface area contributed by atoms with Crippen molar-refractivity contribution < 1.29 is 23.1 Å². The van der Waals surface area contributed by atoms with E-state index in [1.807, 2.05) is 20.8 Å². The molecule has 7 nitrogen and oxygen atoms in total. The van der Waals surface area contributed by atoms with Crippen molar-refractivity contribution in [2.75, 3.05) is 26.2 Å². The van der Waals surface area contributed by atoms with Gasteiger partial charge in [-0.1, -0.05) is 32.9 Å². The summed E-state index contributed by atoms with van der Waals surface area (Å²) in [5.74, 6) is -0.691. The van der Waals surface area contributed by atoms with Gasteiger partial charge in [-0.25, -0.2) is 0 Å². The van der Waals surface area contributed by atoms with Crippen LogP contribution in [0, 0.1) is 0 Å². The Morgan fingerprint density at radius 2 is 1.60 bits per heavy atom. The number of rotatable bonds is 4. The lowest BCUT2D eigenvalue weighted by atomic mass is 9.92. The van der Waals surface area contributed by atoms with Crippen molar-refractivity contribution in [3.63, 3.8) is 0 Å². The number of para-hydroxylation sites is 1. The highest BCUT2D eigenvalue weighted by atomic mass is 19.3. The Bertz CT molecular complexity index is 929. The van der Waals surface area contributed by atoms with Gasteiger partial charge in [0.05, 0.1) is 11.3 Å². The molecule has 0 spiro atoms. The van der Waals surface area contributed by atoms with Crippen molar-refractivity contribution in [1.82, 2.24) is 19.6 Å². The van der Waals surface area contributed by atoms with E-state index in [1.165, 1.54) is 18.2 Å². The van der Waals surface area contributed by atoms with Crippen LogP contribution in [0.5, 0.6) is 5.75 Å². The highest BCUT2D eigenvalue weighted by Crippen LogP contribution is 2.24. The number of hydrogen-bond acceptors (Lipinski definition) is 4. The molecule has 0 atom stereocenters. The van der Waals surface area contributed by atoms with E-state index < -0.39 is 12.5 Å². The monoisotopic (exact) mass is 420 g/mol. The molecule has 1 fully saturated rings. The zero-order chi connectivity index (χ0) is 22.1.